The SMILES string of the molecule is Cc1ccccc1-c1nc(C(=O)O)c2ccccc2n1. The molecule has 1 heterocycles. The van der Waals surface area contributed by atoms with E-state index in [0.29, 0.717) is 16.7 Å². The molecule has 2 aromatic carbocycles. The summed E-state index contributed by atoms with van der Waals surface area (Å²) in [6, 6.07) is 14.8. The van der Waals surface area contributed by atoms with Crippen molar-refractivity contribution < 1.29 is 9.90 Å². The van der Waals surface area contributed by atoms with Crippen molar-refractivity contribution in [1.82, 2.24) is 9.97 Å². The van der Waals surface area contributed by atoms with E-state index in [0.717, 1.165) is 11.1 Å². The van der Waals surface area contributed by atoms with Gasteiger partial charge in [0.15, 0.2) is 11.5 Å². The Kier molecular flexibility index (Phi) is 2.91. The maximum atomic E-state index is 11.4. The lowest BCUT2D eigenvalue weighted by atomic mass is 10.1. The number of para-hydroxylation sites is 1. The van der Waals surface area contributed by atoms with Crippen LogP contribution in [0.3, 0.4) is 0 Å². The molecule has 0 atom stereocenters. The molecule has 0 aliphatic heterocycles. The summed E-state index contributed by atoms with van der Waals surface area (Å²) >= 11 is 0. The minimum absolute atomic E-state index is 0.0360. The number of aryl methyl sites for hydroxylation is 1. The molecule has 0 unspecified atom stereocenters. The van der Waals surface area contributed by atoms with Crippen LogP contribution in [-0.4, -0.2) is 21.0 Å². The lowest BCUT2D eigenvalue weighted by Crippen LogP contribution is -2.05. The topological polar surface area (TPSA) is 63.1 Å². The zero-order chi connectivity index (χ0) is 14.1. The van der Waals surface area contributed by atoms with Gasteiger partial charge in [0.25, 0.3) is 0 Å². The van der Waals surface area contributed by atoms with E-state index in [1.54, 1.807) is 18.2 Å². The lowest BCUT2D eigenvalue weighted by molar-refractivity contribution is 0.0693. The van der Waals surface area contributed by atoms with Crippen LogP contribution in [0.15, 0.2) is 48.5 Å². The molecule has 4 nitrogen and oxygen atoms in total. The maximum absolute atomic E-state index is 11.4. The highest BCUT2D eigenvalue weighted by atomic mass is 16.4. The van der Waals surface area contributed by atoms with E-state index in [2.05, 4.69) is 9.97 Å². The molecule has 98 valence electrons. The summed E-state index contributed by atoms with van der Waals surface area (Å²) in [5.74, 6) is -0.599. The second kappa shape index (κ2) is 4.74. The highest BCUT2D eigenvalue weighted by Crippen LogP contribution is 2.23. The third-order valence-corrected chi connectivity index (χ3v) is 3.19. The zero-order valence-electron chi connectivity index (χ0n) is 10.9. The van der Waals surface area contributed by atoms with Gasteiger partial charge < -0.3 is 5.11 Å². The van der Waals surface area contributed by atoms with Crippen LogP contribution in [0.5, 0.6) is 0 Å². The molecular formula is C16H12N2O2. The van der Waals surface area contributed by atoms with Gasteiger partial charge in [-0.1, -0.05) is 42.5 Å². The third kappa shape index (κ3) is 2.01. The first kappa shape index (κ1) is 12.3. The van der Waals surface area contributed by atoms with Crippen molar-refractivity contribution in [2.24, 2.45) is 0 Å². The molecule has 1 N–H and O–H groups in total. The number of fused-ring (bicyclic) bond motifs is 1. The summed E-state index contributed by atoms with van der Waals surface area (Å²) in [6.07, 6.45) is 0. The Balaban J connectivity index is 2.33. The number of nitrogens with zero attached hydrogens (tertiary/aromatic N) is 2. The van der Waals surface area contributed by atoms with Crippen molar-refractivity contribution in [2.45, 2.75) is 6.92 Å². The number of rotatable bonds is 2. The first-order valence-electron chi connectivity index (χ1n) is 6.23. The van der Waals surface area contributed by atoms with E-state index < -0.39 is 5.97 Å². The molecule has 0 saturated carbocycles. The number of carboxylic acid groups (broad SMARTS) is 1. The molecule has 0 aliphatic rings. The van der Waals surface area contributed by atoms with Crippen molar-refractivity contribution in [3.63, 3.8) is 0 Å². The van der Waals surface area contributed by atoms with Gasteiger partial charge in [-0.05, 0) is 18.6 Å². The summed E-state index contributed by atoms with van der Waals surface area (Å²) in [7, 11) is 0. The van der Waals surface area contributed by atoms with Gasteiger partial charge in [-0.25, -0.2) is 14.8 Å². The lowest BCUT2D eigenvalue weighted by Gasteiger charge is -2.07. The van der Waals surface area contributed by atoms with Gasteiger partial charge >= 0.3 is 5.97 Å². The first-order valence-corrected chi connectivity index (χ1v) is 6.23. The molecule has 3 aromatic rings. The maximum Gasteiger partial charge on any atom is 0.355 e. The number of hydrogen-bond acceptors (Lipinski definition) is 3. The van der Waals surface area contributed by atoms with E-state index in [1.165, 1.54) is 0 Å². The quantitative estimate of drug-likeness (QED) is 0.771. The smallest absolute Gasteiger partial charge is 0.355 e. The Morgan fingerprint density at radius 1 is 1.00 bits per heavy atom. The van der Waals surface area contributed by atoms with Crippen LogP contribution in [0.1, 0.15) is 16.1 Å². The Labute approximate surface area is 115 Å². The van der Waals surface area contributed by atoms with E-state index in [4.69, 9.17) is 0 Å². The second-order valence-corrected chi connectivity index (χ2v) is 4.53. The molecule has 1 aromatic heterocycles. The predicted octanol–water partition coefficient (Wildman–Crippen LogP) is 3.30. The monoisotopic (exact) mass is 264 g/mol. The molecule has 0 radical (unpaired) electrons. The van der Waals surface area contributed by atoms with E-state index in [1.807, 2.05) is 37.3 Å². The van der Waals surface area contributed by atoms with Gasteiger partial charge in [0.1, 0.15) is 0 Å². The van der Waals surface area contributed by atoms with Gasteiger partial charge in [-0.15, -0.1) is 0 Å². The van der Waals surface area contributed by atoms with Gasteiger partial charge in [-0.2, -0.15) is 0 Å². The first-order chi connectivity index (χ1) is 9.66. The molecule has 20 heavy (non-hydrogen) atoms. The molecular weight excluding hydrogens is 252 g/mol. The summed E-state index contributed by atoms with van der Waals surface area (Å²) < 4.78 is 0. The molecule has 0 bridgehead atoms. The van der Waals surface area contributed by atoms with E-state index in [9.17, 15) is 9.90 Å². The van der Waals surface area contributed by atoms with Gasteiger partial charge in [0.2, 0.25) is 0 Å². The fourth-order valence-electron chi connectivity index (χ4n) is 2.18. The van der Waals surface area contributed by atoms with Crippen molar-refractivity contribution in [3.8, 4) is 11.4 Å². The fourth-order valence-corrected chi connectivity index (χ4v) is 2.18. The minimum Gasteiger partial charge on any atom is -0.476 e. The highest BCUT2D eigenvalue weighted by Gasteiger charge is 2.15. The Hall–Kier alpha value is -2.75. The van der Waals surface area contributed by atoms with Crippen LogP contribution in [0, 0.1) is 6.92 Å². The molecule has 0 aliphatic carbocycles. The van der Waals surface area contributed by atoms with Gasteiger partial charge in [0, 0.05) is 10.9 Å². The number of carboxylic acids is 1. The normalized spacial score (nSPS) is 10.7. The Bertz CT molecular complexity index is 812. The number of benzene rings is 2. The van der Waals surface area contributed by atoms with Crippen LogP contribution in [0.2, 0.25) is 0 Å². The van der Waals surface area contributed by atoms with Crippen LogP contribution in [-0.2, 0) is 0 Å². The van der Waals surface area contributed by atoms with Crippen LogP contribution >= 0.6 is 0 Å². The molecule has 0 amide bonds. The Morgan fingerprint density at radius 3 is 2.45 bits per heavy atom. The molecule has 0 saturated heterocycles. The van der Waals surface area contributed by atoms with Crippen LogP contribution < -0.4 is 0 Å². The number of aromatic carboxylic acids is 1. The molecule has 4 heteroatoms. The Morgan fingerprint density at radius 2 is 1.70 bits per heavy atom. The van der Waals surface area contributed by atoms with Gasteiger partial charge in [-0.3, -0.25) is 0 Å². The predicted molar refractivity (Wildman–Crippen MR) is 76.7 cm³/mol. The number of carbonyl (C=O) groups is 1. The summed E-state index contributed by atoms with van der Waals surface area (Å²) in [5.41, 5.74) is 2.53. The average Bonchev–Trinajstić information content (AvgIpc) is 2.46. The minimum atomic E-state index is -1.04. The largest absolute Gasteiger partial charge is 0.476 e. The van der Waals surface area contributed by atoms with Crippen LogP contribution in [0.25, 0.3) is 22.3 Å². The third-order valence-electron chi connectivity index (χ3n) is 3.19. The highest BCUT2D eigenvalue weighted by molar-refractivity contribution is 6.01. The summed E-state index contributed by atoms with van der Waals surface area (Å²) in [4.78, 5) is 20.1. The average molecular weight is 264 g/mol. The standard InChI is InChI=1S/C16H12N2O2/c1-10-6-2-3-7-11(10)15-17-13-9-5-4-8-12(13)14(18-15)16(19)20/h2-9H,1H3,(H,19,20). The number of aromatic nitrogens is 2. The fraction of sp³-hybridized carbons (Fsp3) is 0.0625. The van der Waals surface area contributed by atoms with Crippen molar-refractivity contribution in [2.75, 3.05) is 0 Å². The zero-order valence-corrected chi connectivity index (χ0v) is 10.9. The van der Waals surface area contributed by atoms with Crippen molar-refractivity contribution in [1.29, 1.82) is 0 Å². The number of hydrogen-bond donors (Lipinski definition) is 1. The summed E-state index contributed by atoms with van der Waals surface area (Å²) in [6.45, 7) is 1.95. The van der Waals surface area contributed by atoms with Gasteiger partial charge in [0.05, 0.1) is 5.52 Å². The summed E-state index contributed by atoms with van der Waals surface area (Å²) in [5, 5.41) is 9.89. The van der Waals surface area contributed by atoms with Crippen LogP contribution in [0.4, 0.5) is 0 Å². The van der Waals surface area contributed by atoms with E-state index >= 15 is 0 Å². The second-order valence-electron chi connectivity index (χ2n) is 4.53. The molecule has 3 rings (SSSR count). The molecule has 0 spiro atoms. The van der Waals surface area contributed by atoms with Crippen molar-refractivity contribution in [3.05, 3.63) is 59.8 Å². The van der Waals surface area contributed by atoms with Crippen molar-refractivity contribution >= 4 is 16.9 Å². The van der Waals surface area contributed by atoms with E-state index in [-0.39, 0.29) is 5.69 Å². The molecule has 0 fully saturated rings.